The Balaban J connectivity index is 0.000000144. The van der Waals surface area contributed by atoms with Gasteiger partial charge in [0.25, 0.3) is 17.7 Å². The normalized spacial score (nSPS) is 17.8. The Morgan fingerprint density at radius 1 is 0.514 bits per heavy atom. The first-order valence-electron chi connectivity index (χ1n) is 33.7. The molecule has 1 saturated carbocycles. The van der Waals surface area contributed by atoms with Crippen LogP contribution in [0, 0.1) is 17.5 Å². The molecule has 0 spiro atoms. The van der Waals surface area contributed by atoms with Gasteiger partial charge in [-0.25, -0.2) is 27.2 Å². The minimum atomic E-state index is -1.32. The molecule has 8 aromatic carbocycles. The first-order valence-corrected chi connectivity index (χ1v) is 40.8. The molecular formula is C79H61Cl8F3N10O6S3. The SMILES string of the molecule is C[C@@H](NC(=O)c1c2c(nn1-c1ccc(Cl)cc1Cl)/C(=C/c1ccc(F)cc1)CSC2)c1ccccc1.O=C(NNc1ccc(Cl)cc1Cl)c1nn(-c2ccc(Cl)cc2Cl)c2c1CS(=O)C/C2=C\c1ccc(F)cc1.O=C(N[C@@H]1CCC[C@H]1O)c1nn(-c2ccc(Cl)cc2Cl)c2c1CS(=O)C/C2=C\c1ccc(F)cc1. The number of carbonyl (C=O) groups excluding carboxylic acids is 3. The van der Waals surface area contributed by atoms with Gasteiger partial charge in [0.05, 0.1) is 101 Å². The highest BCUT2D eigenvalue weighted by Crippen LogP contribution is 2.41. The summed E-state index contributed by atoms with van der Waals surface area (Å²) in [5.74, 6) is -0.211. The third-order valence-electron chi connectivity index (χ3n) is 18.0. The number of anilines is 1. The van der Waals surface area contributed by atoms with Crippen molar-refractivity contribution in [3.63, 3.8) is 0 Å². The minimum Gasteiger partial charge on any atom is -0.391 e. The summed E-state index contributed by atoms with van der Waals surface area (Å²) in [5, 5.41) is 33.5. The lowest BCUT2D eigenvalue weighted by atomic mass is 10.0. The number of carbonyl (C=O) groups is 3. The van der Waals surface area contributed by atoms with E-state index < -0.39 is 39.5 Å². The number of halogens is 11. The zero-order valence-corrected chi connectivity index (χ0v) is 65.6. The summed E-state index contributed by atoms with van der Waals surface area (Å²) in [4.78, 5) is 40.4. The second kappa shape index (κ2) is 34.8. The number of aliphatic hydroxyl groups excluding tert-OH is 1. The molecular weight excluding hydrogens is 1620 g/mol. The lowest BCUT2D eigenvalue weighted by Crippen LogP contribution is -2.40. The predicted molar refractivity (Wildman–Crippen MR) is 434 cm³/mol. The van der Waals surface area contributed by atoms with Crippen LogP contribution < -0.4 is 21.5 Å². The molecule has 0 bridgehead atoms. The zero-order chi connectivity index (χ0) is 76.9. The maximum Gasteiger partial charge on any atom is 0.290 e. The van der Waals surface area contributed by atoms with Gasteiger partial charge in [-0.1, -0.05) is 160 Å². The van der Waals surface area contributed by atoms with E-state index in [0.29, 0.717) is 126 Å². The molecule has 1 fully saturated rings. The zero-order valence-electron chi connectivity index (χ0n) is 57.1. The average Bonchev–Trinajstić information content (AvgIpc) is 1.62. The van der Waals surface area contributed by atoms with Crippen LogP contribution in [0.15, 0.2) is 176 Å². The van der Waals surface area contributed by atoms with Crippen LogP contribution in [0.25, 0.3) is 52.0 Å². The van der Waals surface area contributed by atoms with E-state index in [2.05, 4.69) is 31.7 Å². The van der Waals surface area contributed by atoms with Crippen LogP contribution in [0.2, 0.25) is 40.2 Å². The Morgan fingerprint density at radius 2 is 0.963 bits per heavy atom. The van der Waals surface area contributed by atoms with Crippen molar-refractivity contribution in [2.24, 2.45) is 0 Å². The number of thioether (sulfide) groups is 1. The number of aliphatic hydroxyl groups is 1. The van der Waals surface area contributed by atoms with Crippen molar-refractivity contribution in [2.45, 2.75) is 61.6 Å². The van der Waals surface area contributed by atoms with Gasteiger partial charge in [-0.3, -0.25) is 33.7 Å². The summed E-state index contributed by atoms with van der Waals surface area (Å²) >= 11 is 51.8. The molecule has 16 nitrogen and oxygen atoms in total. The summed E-state index contributed by atoms with van der Waals surface area (Å²) in [6.07, 6.45) is 7.13. The van der Waals surface area contributed by atoms with Crippen molar-refractivity contribution in [3.8, 4) is 17.1 Å². The minimum absolute atomic E-state index is 0.0571. The standard InChI is InChI=1S/C28H22Cl2FN3OS.C26H17Cl4FN4O2S.C25H22Cl2FN3O3S/c1-17(19-5-3-2-4-6-19)32-28(35)27-23-16-36-15-20(13-18-7-10-22(31)11-8-18)26(23)33-34(27)25-12-9-21(29)14-24(25)30;27-16-3-7-22(20(29)10-16)32-33-26(36)24-19-13-38(37)12-15(9-14-1-5-18(31)6-2-14)25(19)35(34-24)23-8-4-17(28)11-21(23)30;26-16-6-9-21(19(27)11-16)31-24-15(10-14-4-7-17(28)8-5-14)12-35(34)13-18(24)23(30-31)25(33)29-20-2-1-3-22(20)32/h2-14,17H,15-16H2,1H3,(H,32,35);1-11,32H,12-13H2,(H,33,36);4-11,20,22,32H,1-3,12-13H2,(H,29,33)/b20-13+;15-9+;15-10+/t17-;;20-,22-,35?/m1.1/s1. The van der Waals surface area contributed by atoms with E-state index in [1.54, 1.807) is 135 Å². The topological polar surface area (TPSA) is 207 Å². The largest absolute Gasteiger partial charge is 0.391 e. The fourth-order valence-corrected chi connectivity index (χ4v) is 18.3. The summed E-state index contributed by atoms with van der Waals surface area (Å²) in [6.45, 7) is 1.95. The predicted octanol–water partition coefficient (Wildman–Crippen LogP) is 19.5. The van der Waals surface area contributed by atoms with Crippen molar-refractivity contribution < 1.29 is 41.1 Å². The van der Waals surface area contributed by atoms with Gasteiger partial charge in [-0.2, -0.15) is 27.1 Å². The van der Waals surface area contributed by atoms with Crippen molar-refractivity contribution >= 4 is 185 Å². The monoisotopic (exact) mass is 1680 g/mol. The van der Waals surface area contributed by atoms with Gasteiger partial charge < -0.3 is 15.7 Å². The molecule has 109 heavy (non-hydrogen) atoms. The fourth-order valence-electron chi connectivity index (χ4n) is 12.8. The van der Waals surface area contributed by atoms with E-state index in [0.717, 1.165) is 45.7 Å². The molecule has 5 atom stereocenters. The Morgan fingerprint density at radius 3 is 1.42 bits per heavy atom. The van der Waals surface area contributed by atoms with E-state index in [-0.39, 0.29) is 69.8 Å². The third-order valence-corrected chi connectivity index (χ3v) is 23.6. The molecule has 4 aliphatic rings. The molecule has 11 aromatic rings. The maximum atomic E-state index is 13.7. The van der Waals surface area contributed by atoms with Gasteiger partial charge >= 0.3 is 0 Å². The molecule has 3 amide bonds. The molecule has 30 heteroatoms. The number of nitrogens with one attached hydrogen (secondary N) is 4. The van der Waals surface area contributed by atoms with Crippen LogP contribution in [0.4, 0.5) is 18.9 Å². The first-order chi connectivity index (χ1) is 52.4. The van der Waals surface area contributed by atoms with Crippen LogP contribution in [0.1, 0.15) is 120 Å². The summed E-state index contributed by atoms with van der Waals surface area (Å²) in [5.41, 5.74) is 17.4. The number of amides is 3. The number of fused-ring (bicyclic) bond motifs is 3. The first kappa shape index (κ1) is 78.7. The number of hydrazine groups is 1. The molecule has 1 aliphatic carbocycles. The molecule has 0 saturated heterocycles. The summed E-state index contributed by atoms with van der Waals surface area (Å²) in [6, 6.07) is 47.2. The Labute approximate surface area is 673 Å². The van der Waals surface area contributed by atoms with Gasteiger partial charge in [-0.05, 0) is 193 Å². The van der Waals surface area contributed by atoms with E-state index >= 15 is 0 Å². The van der Waals surface area contributed by atoms with Crippen LogP contribution >= 0.6 is 105 Å². The fraction of sp³-hybridized carbons (Fsp3) is 0.165. The van der Waals surface area contributed by atoms with E-state index in [1.807, 2.05) is 49.4 Å². The second-order valence-electron chi connectivity index (χ2n) is 25.6. The van der Waals surface area contributed by atoms with Crippen LogP contribution in [0.5, 0.6) is 0 Å². The lowest BCUT2D eigenvalue weighted by Gasteiger charge is -2.19. The molecule has 5 N–H and O–H groups in total. The highest BCUT2D eigenvalue weighted by molar-refractivity contribution is 7.99. The van der Waals surface area contributed by atoms with Crippen LogP contribution in [-0.2, 0) is 38.9 Å². The smallest absolute Gasteiger partial charge is 0.290 e. The van der Waals surface area contributed by atoms with Crippen molar-refractivity contribution in [1.29, 1.82) is 0 Å². The molecule has 0 radical (unpaired) electrons. The molecule has 2 unspecified atom stereocenters. The van der Waals surface area contributed by atoms with Gasteiger partial charge in [-0.15, -0.1) is 0 Å². The van der Waals surface area contributed by atoms with Gasteiger partial charge in [0, 0.05) is 69.9 Å². The average molecular weight is 1680 g/mol. The van der Waals surface area contributed by atoms with E-state index in [9.17, 15) is 41.1 Å². The summed E-state index contributed by atoms with van der Waals surface area (Å²) < 4.78 is 70.9. The molecule has 15 rings (SSSR count). The van der Waals surface area contributed by atoms with Crippen molar-refractivity contribution in [1.82, 2.24) is 45.4 Å². The second-order valence-corrected chi connectivity index (χ2v) is 32.8. The van der Waals surface area contributed by atoms with E-state index in [1.165, 1.54) is 42.5 Å². The van der Waals surface area contributed by atoms with Crippen molar-refractivity contribution in [3.05, 3.63) is 307 Å². The number of rotatable bonds is 14. The third kappa shape index (κ3) is 18.5. The molecule has 3 aliphatic heterocycles. The van der Waals surface area contributed by atoms with E-state index in [4.69, 9.17) is 97.9 Å². The van der Waals surface area contributed by atoms with Crippen LogP contribution in [-0.4, -0.2) is 90.0 Å². The number of nitrogens with zero attached hydrogens (tertiary/aromatic N) is 6. The molecule has 3 aromatic heterocycles. The number of hydrogen-bond donors (Lipinski definition) is 5. The highest BCUT2D eigenvalue weighted by Gasteiger charge is 2.37. The Hall–Kier alpha value is -8.46. The van der Waals surface area contributed by atoms with Crippen molar-refractivity contribution in [2.75, 3.05) is 22.7 Å². The number of benzene rings is 8. The van der Waals surface area contributed by atoms with Gasteiger partial charge in [0.15, 0.2) is 11.4 Å². The van der Waals surface area contributed by atoms with Gasteiger partial charge in [0.2, 0.25) is 0 Å². The Kier molecular flexibility index (Phi) is 25.1. The molecule has 6 heterocycles. The highest BCUT2D eigenvalue weighted by atomic mass is 35.5. The quantitative estimate of drug-likeness (QED) is 0.0647. The van der Waals surface area contributed by atoms with Gasteiger partial charge in [0.1, 0.15) is 23.1 Å². The van der Waals surface area contributed by atoms with Crippen LogP contribution in [0.3, 0.4) is 0 Å². The lowest BCUT2D eigenvalue weighted by molar-refractivity contribution is 0.0866. The summed E-state index contributed by atoms with van der Waals surface area (Å²) in [7, 11) is -2.60. The maximum absolute atomic E-state index is 13.7. The number of hydrogen-bond acceptors (Lipinski definition) is 11. The molecule has 558 valence electrons. The Bertz CT molecular complexity index is 5490. The number of aromatic nitrogens is 6.